The van der Waals surface area contributed by atoms with Crippen LogP contribution in [0, 0.1) is 12.8 Å². The first-order chi connectivity index (χ1) is 12.9. The van der Waals surface area contributed by atoms with Crippen LogP contribution in [0.2, 0.25) is 0 Å². The number of allylic oxidation sites excluding steroid dienone is 1. The summed E-state index contributed by atoms with van der Waals surface area (Å²) in [6.45, 7) is 7.27. The van der Waals surface area contributed by atoms with Crippen LogP contribution in [0.1, 0.15) is 12.5 Å². The number of rotatable bonds is 4. The Kier molecular flexibility index (Phi) is 5.57. The monoisotopic (exact) mass is 372 g/mol. The molecule has 0 bridgehead atoms. The van der Waals surface area contributed by atoms with Crippen LogP contribution in [-0.4, -0.2) is 56.1 Å². The lowest BCUT2D eigenvalue weighted by atomic mass is 9.99. The first-order valence-corrected chi connectivity index (χ1v) is 9.15. The average molecular weight is 372 g/mol. The molecular weight excluding hydrogens is 346 g/mol. The molecule has 2 saturated heterocycles. The number of benzene rings is 1. The van der Waals surface area contributed by atoms with Gasteiger partial charge in [0.25, 0.3) is 5.91 Å². The molecule has 0 aromatic heterocycles. The van der Waals surface area contributed by atoms with E-state index in [9.17, 15) is 14.4 Å². The van der Waals surface area contributed by atoms with E-state index in [0.29, 0.717) is 11.4 Å². The van der Waals surface area contributed by atoms with Gasteiger partial charge in [0, 0.05) is 5.70 Å². The van der Waals surface area contributed by atoms with E-state index in [0.717, 1.165) is 36.6 Å². The molecule has 2 aliphatic heterocycles. The van der Waals surface area contributed by atoms with E-state index in [2.05, 4.69) is 17.8 Å². The van der Waals surface area contributed by atoms with E-state index in [1.54, 1.807) is 25.1 Å². The molecule has 2 heterocycles. The van der Waals surface area contributed by atoms with E-state index in [-0.39, 0.29) is 0 Å². The zero-order valence-electron chi connectivity index (χ0n) is 15.9. The van der Waals surface area contributed by atoms with Crippen LogP contribution in [0.15, 0.2) is 36.0 Å². The molecule has 0 unspecified atom stereocenters. The van der Waals surface area contributed by atoms with Crippen LogP contribution in [-0.2, 0) is 9.59 Å². The molecule has 0 radical (unpaired) electrons. The zero-order valence-corrected chi connectivity index (χ0v) is 15.9. The van der Waals surface area contributed by atoms with Crippen molar-refractivity contribution >= 4 is 23.5 Å². The van der Waals surface area contributed by atoms with Crippen molar-refractivity contribution < 1.29 is 19.3 Å². The molecular formula is C19H26N5O3+. The lowest BCUT2D eigenvalue weighted by Crippen LogP contribution is -3.12. The lowest BCUT2D eigenvalue weighted by molar-refractivity contribution is -0.884. The van der Waals surface area contributed by atoms with Crippen LogP contribution in [0.25, 0.3) is 0 Å². The Hall–Kier alpha value is -2.71. The first kappa shape index (κ1) is 19.1. The minimum Gasteiger partial charge on any atom is -0.335 e. The second-order valence-electron chi connectivity index (χ2n) is 7.04. The SMILES string of the molecule is C/C=C(/NN1CC[NH+](C)CC1)[C@@H]1C(=O)NC(=O)N(c2ccc(C)cc2)C1=O. The number of amides is 4. The van der Waals surface area contributed by atoms with Gasteiger partial charge in [-0.25, -0.2) is 14.7 Å². The molecule has 1 aromatic rings. The summed E-state index contributed by atoms with van der Waals surface area (Å²) in [5.74, 6) is -2.23. The predicted molar refractivity (Wildman–Crippen MR) is 101 cm³/mol. The molecule has 4 amide bonds. The molecule has 0 saturated carbocycles. The standard InChI is InChI=1S/C19H25N5O3/c1-4-15(21-23-11-9-22(3)10-12-23)16-17(25)20-19(27)24(18(16)26)14-7-5-13(2)6-8-14/h4-8,16,21H,9-12H2,1-3H3,(H,20,25,27)/p+1/b15-4+/t16-/m1/s1. The molecule has 1 atom stereocenters. The third-order valence-electron chi connectivity index (χ3n) is 4.98. The van der Waals surface area contributed by atoms with Gasteiger partial charge in [-0.15, -0.1) is 0 Å². The summed E-state index contributed by atoms with van der Waals surface area (Å²) in [5.41, 5.74) is 5.16. The Bertz CT molecular complexity index is 766. The number of nitrogens with one attached hydrogen (secondary N) is 3. The fourth-order valence-electron chi connectivity index (χ4n) is 3.27. The summed E-state index contributed by atoms with van der Waals surface area (Å²) in [4.78, 5) is 40.3. The maximum Gasteiger partial charge on any atom is 0.335 e. The number of likely N-dealkylation sites (N-methyl/N-ethyl adjacent to an activating group) is 1. The van der Waals surface area contributed by atoms with Crippen molar-refractivity contribution in [2.45, 2.75) is 13.8 Å². The fourth-order valence-corrected chi connectivity index (χ4v) is 3.27. The van der Waals surface area contributed by atoms with Crippen molar-refractivity contribution in [2.24, 2.45) is 5.92 Å². The Morgan fingerprint density at radius 3 is 2.41 bits per heavy atom. The normalized spacial score (nSPS) is 22.8. The number of nitrogens with zero attached hydrogens (tertiary/aromatic N) is 2. The highest BCUT2D eigenvalue weighted by atomic mass is 16.2. The van der Waals surface area contributed by atoms with E-state index in [4.69, 9.17) is 0 Å². The molecule has 0 aliphatic carbocycles. The van der Waals surface area contributed by atoms with Gasteiger partial charge in [0.2, 0.25) is 5.91 Å². The quantitative estimate of drug-likeness (QED) is 0.617. The van der Waals surface area contributed by atoms with Crippen molar-refractivity contribution in [1.29, 1.82) is 0 Å². The van der Waals surface area contributed by atoms with E-state index in [1.807, 2.05) is 24.1 Å². The van der Waals surface area contributed by atoms with Crippen molar-refractivity contribution in [3.05, 3.63) is 41.6 Å². The van der Waals surface area contributed by atoms with E-state index >= 15 is 0 Å². The summed E-state index contributed by atoms with van der Waals surface area (Å²) >= 11 is 0. The third kappa shape index (κ3) is 4.01. The molecule has 144 valence electrons. The van der Waals surface area contributed by atoms with E-state index in [1.165, 1.54) is 4.90 Å². The third-order valence-corrected chi connectivity index (χ3v) is 4.98. The molecule has 8 heteroatoms. The Morgan fingerprint density at radius 1 is 1.19 bits per heavy atom. The lowest BCUT2D eigenvalue weighted by Gasteiger charge is -2.35. The summed E-state index contributed by atoms with van der Waals surface area (Å²) in [6, 6.07) is 6.33. The van der Waals surface area contributed by atoms with Gasteiger partial charge in [-0.1, -0.05) is 23.8 Å². The van der Waals surface area contributed by atoms with Crippen molar-refractivity contribution in [2.75, 3.05) is 38.1 Å². The second-order valence-corrected chi connectivity index (χ2v) is 7.04. The van der Waals surface area contributed by atoms with Crippen LogP contribution in [0.4, 0.5) is 10.5 Å². The number of hydrogen-bond donors (Lipinski definition) is 3. The number of carbonyl (C=O) groups excluding carboxylic acids is 3. The predicted octanol–water partition coefficient (Wildman–Crippen LogP) is -0.567. The molecule has 2 aliphatic rings. The second kappa shape index (κ2) is 7.89. The van der Waals surface area contributed by atoms with Gasteiger partial charge in [-0.05, 0) is 26.0 Å². The zero-order chi connectivity index (χ0) is 19.6. The molecule has 2 fully saturated rings. The Balaban J connectivity index is 1.82. The number of hydrogen-bond acceptors (Lipinski definition) is 5. The van der Waals surface area contributed by atoms with E-state index < -0.39 is 23.8 Å². The first-order valence-electron chi connectivity index (χ1n) is 9.15. The van der Waals surface area contributed by atoms with Gasteiger partial charge >= 0.3 is 6.03 Å². The smallest absolute Gasteiger partial charge is 0.335 e. The van der Waals surface area contributed by atoms with Crippen molar-refractivity contribution in [1.82, 2.24) is 15.8 Å². The van der Waals surface area contributed by atoms with Crippen LogP contribution in [0.3, 0.4) is 0 Å². The van der Waals surface area contributed by atoms with Gasteiger partial charge in [-0.3, -0.25) is 14.9 Å². The molecule has 0 spiro atoms. The average Bonchev–Trinajstić information content (AvgIpc) is 2.63. The maximum atomic E-state index is 13.1. The fraction of sp³-hybridized carbons (Fsp3) is 0.421. The largest absolute Gasteiger partial charge is 0.335 e. The number of aryl methyl sites for hydroxylation is 1. The molecule has 3 N–H and O–H groups in total. The number of barbiturate groups is 1. The minimum absolute atomic E-state index is 0.444. The number of hydrazine groups is 1. The molecule has 27 heavy (non-hydrogen) atoms. The van der Waals surface area contributed by atoms with Crippen LogP contribution < -0.4 is 20.5 Å². The van der Waals surface area contributed by atoms with Gasteiger partial charge < -0.3 is 10.3 Å². The summed E-state index contributed by atoms with van der Waals surface area (Å²) < 4.78 is 0. The minimum atomic E-state index is -1.08. The Morgan fingerprint density at radius 2 is 1.81 bits per heavy atom. The number of piperazine rings is 1. The highest BCUT2D eigenvalue weighted by molar-refractivity contribution is 6.28. The van der Waals surface area contributed by atoms with Gasteiger partial charge in [-0.2, -0.15) is 0 Å². The number of quaternary nitrogens is 1. The molecule has 1 aromatic carbocycles. The topological polar surface area (TPSA) is 86.2 Å². The van der Waals surface area contributed by atoms with Crippen LogP contribution in [0.5, 0.6) is 0 Å². The Labute approximate surface area is 158 Å². The van der Waals surface area contributed by atoms with Crippen LogP contribution >= 0.6 is 0 Å². The van der Waals surface area contributed by atoms with Crippen molar-refractivity contribution in [3.8, 4) is 0 Å². The van der Waals surface area contributed by atoms with Gasteiger partial charge in [0.1, 0.15) is 0 Å². The molecule has 8 nitrogen and oxygen atoms in total. The highest BCUT2D eigenvalue weighted by Gasteiger charge is 2.43. The summed E-state index contributed by atoms with van der Waals surface area (Å²) in [5, 5.41) is 4.32. The van der Waals surface area contributed by atoms with Gasteiger partial charge in [0.05, 0.1) is 38.9 Å². The summed E-state index contributed by atoms with van der Waals surface area (Å²) in [6.07, 6.45) is 1.72. The number of anilines is 1. The molecule has 3 rings (SSSR count). The number of carbonyl (C=O) groups is 3. The van der Waals surface area contributed by atoms with Crippen molar-refractivity contribution in [3.63, 3.8) is 0 Å². The van der Waals surface area contributed by atoms with Gasteiger partial charge in [0.15, 0.2) is 5.92 Å². The number of imide groups is 2. The summed E-state index contributed by atoms with van der Waals surface area (Å²) in [7, 11) is 2.14. The number of urea groups is 1. The highest BCUT2D eigenvalue weighted by Crippen LogP contribution is 2.24. The maximum absolute atomic E-state index is 13.1.